The summed E-state index contributed by atoms with van der Waals surface area (Å²) in [5, 5.41) is 19.4. The predicted octanol–water partition coefficient (Wildman–Crippen LogP) is 4.06. The zero-order chi connectivity index (χ0) is 34.6. The SMILES string of the molecule is Cc1ccc(CO/N=C/C(=O)NC2C(=O)N3C(C(=O)OCc4ccc([N+](=O)[O-])cc4)=CCSC23)c(-c2csc(NC(=O)C(F)(F)F)n2)c1. The van der Waals surface area contributed by atoms with Crippen LogP contribution < -0.4 is 10.6 Å². The lowest BCUT2D eigenvalue weighted by Gasteiger charge is -2.48. The van der Waals surface area contributed by atoms with Crippen LogP contribution in [0.3, 0.4) is 0 Å². The third kappa shape index (κ3) is 7.80. The zero-order valence-electron chi connectivity index (χ0n) is 24.6. The molecule has 3 heterocycles. The van der Waals surface area contributed by atoms with Gasteiger partial charge < -0.3 is 14.9 Å². The van der Waals surface area contributed by atoms with Crippen molar-refractivity contribution < 1.29 is 46.8 Å². The van der Waals surface area contributed by atoms with Crippen LogP contribution in [0.4, 0.5) is 24.0 Å². The van der Waals surface area contributed by atoms with Crippen molar-refractivity contribution in [2.75, 3.05) is 11.1 Å². The zero-order valence-corrected chi connectivity index (χ0v) is 26.2. The largest absolute Gasteiger partial charge is 0.471 e. The molecule has 2 unspecified atom stereocenters. The van der Waals surface area contributed by atoms with Gasteiger partial charge in [0.2, 0.25) is 0 Å². The number of carbonyl (C=O) groups excluding carboxylic acids is 4. The molecule has 1 aromatic heterocycles. The van der Waals surface area contributed by atoms with Gasteiger partial charge in [0.1, 0.15) is 36.5 Å². The number of thioether (sulfide) groups is 1. The lowest BCUT2D eigenvalue weighted by molar-refractivity contribution is -0.384. The van der Waals surface area contributed by atoms with Gasteiger partial charge in [-0.25, -0.2) is 9.78 Å². The van der Waals surface area contributed by atoms with Gasteiger partial charge in [0, 0.05) is 34.4 Å². The maximum absolute atomic E-state index is 12.9. The number of halogens is 3. The fourth-order valence-electron chi connectivity index (χ4n) is 4.53. The molecule has 19 heteroatoms. The molecule has 1 fully saturated rings. The van der Waals surface area contributed by atoms with Crippen LogP contribution in [0, 0.1) is 17.0 Å². The number of nitrogens with one attached hydrogen (secondary N) is 2. The van der Waals surface area contributed by atoms with Crippen LogP contribution in [-0.4, -0.2) is 68.1 Å². The lowest BCUT2D eigenvalue weighted by atomic mass is 10.0. The standard InChI is InChI=1S/C29H23F3N6O8S2/c1-15-2-5-17(19(10-15)20-14-48-28(34-20)36-27(42)29(30,31)32)13-46-33-11-22(39)35-23-24(40)37-21(8-9-47-25(23)37)26(41)45-12-16-3-6-18(7-4-16)38(43)44/h2-8,10-11,14,23,25H,9,12-13H2,1H3,(H,35,39)(H,34,36,42)/b33-11+. The van der Waals surface area contributed by atoms with E-state index in [4.69, 9.17) is 9.57 Å². The van der Waals surface area contributed by atoms with Crippen LogP contribution in [-0.2, 0) is 42.0 Å². The third-order valence-electron chi connectivity index (χ3n) is 6.86. The maximum atomic E-state index is 12.9. The highest BCUT2D eigenvalue weighted by Crippen LogP contribution is 2.38. The molecular formula is C29H23F3N6O8S2. The minimum atomic E-state index is -5.06. The molecule has 0 saturated carbocycles. The number of oxime groups is 1. The highest BCUT2D eigenvalue weighted by molar-refractivity contribution is 8.00. The second-order valence-corrected chi connectivity index (χ2v) is 12.2. The Balaban J connectivity index is 1.12. The second kappa shape index (κ2) is 14.2. The molecule has 2 atom stereocenters. The van der Waals surface area contributed by atoms with Gasteiger partial charge in [0.25, 0.3) is 17.5 Å². The number of carbonyl (C=O) groups is 4. The first-order valence-corrected chi connectivity index (χ1v) is 15.7. The molecule has 0 aliphatic carbocycles. The van der Waals surface area contributed by atoms with E-state index < -0.39 is 46.2 Å². The topological polar surface area (TPSA) is 182 Å². The Hall–Kier alpha value is -5.30. The van der Waals surface area contributed by atoms with Crippen LogP contribution >= 0.6 is 23.1 Å². The van der Waals surface area contributed by atoms with Crippen molar-refractivity contribution in [3.05, 3.63) is 86.4 Å². The summed E-state index contributed by atoms with van der Waals surface area (Å²) in [4.78, 5) is 70.2. The Labute approximate surface area is 277 Å². The van der Waals surface area contributed by atoms with Gasteiger partial charge in [-0.3, -0.25) is 34.7 Å². The Morgan fingerprint density at radius 3 is 2.65 bits per heavy atom. The Morgan fingerprint density at radius 1 is 1.19 bits per heavy atom. The molecular weight excluding hydrogens is 681 g/mol. The highest BCUT2D eigenvalue weighted by atomic mass is 32.2. The molecule has 3 amide bonds. The number of non-ortho nitro benzene ring substituents is 1. The van der Waals surface area contributed by atoms with E-state index >= 15 is 0 Å². The minimum Gasteiger partial charge on any atom is -0.456 e. The molecule has 2 aliphatic rings. The maximum Gasteiger partial charge on any atom is 0.471 e. The molecule has 1 saturated heterocycles. The summed E-state index contributed by atoms with van der Waals surface area (Å²) in [6.45, 7) is 1.48. The summed E-state index contributed by atoms with van der Waals surface area (Å²) in [6, 6.07) is 9.71. The number of anilines is 1. The first-order valence-electron chi connectivity index (χ1n) is 13.8. The number of aryl methyl sites for hydroxylation is 1. The van der Waals surface area contributed by atoms with E-state index in [0.29, 0.717) is 28.1 Å². The second-order valence-electron chi connectivity index (χ2n) is 10.2. The van der Waals surface area contributed by atoms with Crippen LogP contribution in [0.15, 0.2) is 64.8 Å². The fraction of sp³-hybridized carbons (Fsp3) is 0.241. The Kier molecular flexibility index (Phi) is 10.1. The number of β-lactam (4-membered cyclic amide) rings is 1. The molecule has 2 aromatic carbocycles. The monoisotopic (exact) mass is 704 g/mol. The van der Waals surface area contributed by atoms with Crippen molar-refractivity contribution >= 4 is 63.8 Å². The van der Waals surface area contributed by atoms with Crippen molar-refractivity contribution in [3.8, 4) is 11.3 Å². The summed E-state index contributed by atoms with van der Waals surface area (Å²) >= 11 is 2.14. The highest BCUT2D eigenvalue weighted by Gasteiger charge is 2.53. The predicted molar refractivity (Wildman–Crippen MR) is 166 cm³/mol. The van der Waals surface area contributed by atoms with Gasteiger partial charge in [-0.1, -0.05) is 22.9 Å². The normalized spacial score (nSPS) is 17.2. The molecule has 0 bridgehead atoms. The molecule has 5 rings (SSSR count). The molecule has 2 aliphatic heterocycles. The number of thiazole rings is 1. The van der Waals surface area contributed by atoms with Gasteiger partial charge in [-0.15, -0.1) is 23.1 Å². The smallest absolute Gasteiger partial charge is 0.456 e. The number of nitro groups is 1. The minimum absolute atomic E-state index is 0.0250. The molecule has 0 spiro atoms. The van der Waals surface area contributed by atoms with Crippen LogP contribution in [0.25, 0.3) is 11.3 Å². The summed E-state index contributed by atoms with van der Waals surface area (Å²) in [6.07, 6.45) is -2.69. The van der Waals surface area contributed by atoms with Crippen molar-refractivity contribution in [3.63, 3.8) is 0 Å². The van der Waals surface area contributed by atoms with Crippen molar-refractivity contribution in [1.29, 1.82) is 0 Å². The Morgan fingerprint density at radius 2 is 1.94 bits per heavy atom. The number of alkyl halides is 3. The first kappa shape index (κ1) is 34.0. The van der Waals surface area contributed by atoms with Crippen LogP contribution in [0.1, 0.15) is 16.7 Å². The quantitative estimate of drug-likeness (QED) is 0.0971. The van der Waals surface area contributed by atoms with E-state index in [9.17, 15) is 42.5 Å². The van der Waals surface area contributed by atoms with Gasteiger partial charge in [0.15, 0.2) is 5.13 Å². The number of amides is 3. The van der Waals surface area contributed by atoms with E-state index in [1.165, 1.54) is 52.4 Å². The molecule has 3 aromatic rings. The summed E-state index contributed by atoms with van der Waals surface area (Å²) in [5.74, 6) is -3.81. The molecule has 0 radical (unpaired) electrons. The Bertz CT molecular complexity index is 1830. The number of nitrogens with zero attached hydrogens (tertiary/aromatic N) is 4. The number of ether oxygens (including phenoxy) is 1. The van der Waals surface area contributed by atoms with Crippen molar-refractivity contribution in [1.82, 2.24) is 15.2 Å². The fourth-order valence-corrected chi connectivity index (χ4v) is 6.43. The van der Waals surface area contributed by atoms with Crippen LogP contribution in [0.2, 0.25) is 0 Å². The molecule has 250 valence electrons. The van der Waals surface area contributed by atoms with E-state index in [2.05, 4.69) is 15.5 Å². The number of nitro benzene ring substituents is 1. The summed E-state index contributed by atoms with van der Waals surface area (Å²) < 4.78 is 43.1. The summed E-state index contributed by atoms with van der Waals surface area (Å²) in [7, 11) is 0. The average molecular weight is 705 g/mol. The number of aromatic nitrogens is 1. The molecule has 2 N–H and O–H groups in total. The van der Waals surface area contributed by atoms with Crippen LogP contribution in [0.5, 0.6) is 0 Å². The number of fused-ring (bicyclic) bond motifs is 1. The van der Waals surface area contributed by atoms with Gasteiger partial charge in [-0.05, 0) is 36.8 Å². The van der Waals surface area contributed by atoms with Gasteiger partial charge in [-0.2, -0.15) is 13.2 Å². The first-order chi connectivity index (χ1) is 22.8. The van der Waals surface area contributed by atoms with Gasteiger partial charge in [0.05, 0.1) is 10.6 Å². The van der Waals surface area contributed by atoms with Crippen molar-refractivity contribution in [2.24, 2.45) is 5.16 Å². The number of hydrogen-bond acceptors (Lipinski definition) is 12. The van der Waals surface area contributed by atoms with E-state index in [1.807, 2.05) is 0 Å². The summed E-state index contributed by atoms with van der Waals surface area (Å²) in [5.41, 5.74) is 2.61. The molecule has 14 nitrogen and oxygen atoms in total. The number of hydrogen-bond donors (Lipinski definition) is 2. The molecule has 48 heavy (non-hydrogen) atoms. The number of benzene rings is 2. The average Bonchev–Trinajstić information content (AvgIpc) is 3.52. The lowest BCUT2D eigenvalue weighted by Crippen LogP contribution is -2.70. The number of esters is 1. The number of rotatable bonds is 11. The van der Waals surface area contributed by atoms with E-state index in [1.54, 1.807) is 30.4 Å². The van der Waals surface area contributed by atoms with E-state index in [0.717, 1.165) is 23.1 Å². The van der Waals surface area contributed by atoms with Gasteiger partial charge >= 0.3 is 18.1 Å². The van der Waals surface area contributed by atoms with E-state index in [-0.39, 0.29) is 29.7 Å². The third-order valence-corrected chi connectivity index (χ3v) is 8.80. The van der Waals surface area contributed by atoms with Crippen molar-refractivity contribution in [2.45, 2.75) is 37.7 Å².